The molecule has 0 radical (unpaired) electrons. The molecular formula is C13H19N3O2S. The van der Waals surface area contributed by atoms with Gasteiger partial charge in [-0.1, -0.05) is 0 Å². The first kappa shape index (κ1) is 13.0. The molecule has 6 heteroatoms. The van der Waals surface area contributed by atoms with Crippen LogP contribution in [0.3, 0.4) is 0 Å². The fraction of sp³-hybridized carbons (Fsp3) is 0.692. The molecular weight excluding hydrogens is 262 g/mol. The van der Waals surface area contributed by atoms with Gasteiger partial charge in [0.05, 0.1) is 5.60 Å². The SMILES string of the molecule is O=C(NC[C@]1(O)CCSC1)c1n[nH]c2c1CCCC2. The molecule has 1 atom stereocenters. The highest BCUT2D eigenvalue weighted by atomic mass is 32.2. The molecule has 1 saturated heterocycles. The lowest BCUT2D eigenvalue weighted by Gasteiger charge is -2.21. The zero-order chi connectivity index (χ0) is 13.3. The summed E-state index contributed by atoms with van der Waals surface area (Å²) in [6.07, 6.45) is 4.93. The summed E-state index contributed by atoms with van der Waals surface area (Å²) in [5.74, 6) is 1.50. The summed E-state index contributed by atoms with van der Waals surface area (Å²) in [5.41, 5.74) is 1.95. The molecule has 5 nitrogen and oxygen atoms in total. The Bertz CT molecular complexity index is 480. The largest absolute Gasteiger partial charge is 0.387 e. The Balaban J connectivity index is 1.65. The number of aromatic nitrogens is 2. The fourth-order valence-electron chi connectivity index (χ4n) is 2.73. The Morgan fingerprint density at radius 1 is 1.47 bits per heavy atom. The molecule has 0 bridgehead atoms. The monoisotopic (exact) mass is 281 g/mol. The van der Waals surface area contributed by atoms with Gasteiger partial charge < -0.3 is 10.4 Å². The standard InChI is InChI=1S/C13H19N3O2S/c17-12(14-7-13(18)5-6-19-8-13)11-9-3-1-2-4-10(9)15-16-11/h18H,1-8H2,(H,14,17)(H,15,16)/t13-/m1/s1. The maximum absolute atomic E-state index is 12.2. The number of hydrogen-bond acceptors (Lipinski definition) is 4. The van der Waals surface area contributed by atoms with Crippen LogP contribution in [0.5, 0.6) is 0 Å². The minimum atomic E-state index is -0.739. The van der Waals surface area contributed by atoms with Crippen molar-refractivity contribution in [1.29, 1.82) is 0 Å². The van der Waals surface area contributed by atoms with Gasteiger partial charge in [-0.25, -0.2) is 0 Å². The Kier molecular flexibility index (Phi) is 3.54. The Morgan fingerprint density at radius 3 is 3.11 bits per heavy atom. The van der Waals surface area contributed by atoms with E-state index >= 15 is 0 Å². The van der Waals surface area contributed by atoms with Gasteiger partial charge in [0.1, 0.15) is 0 Å². The lowest BCUT2D eigenvalue weighted by Crippen LogP contribution is -2.43. The summed E-state index contributed by atoms with van der Waals surface area (Å²) in [6, 6.07) is 0. The van der Waals surface area contributed by atoms with Gasteiger partial charge in [0.25, 0.3) is 5.91 Å². The van der Waals surface area contributed by atoms with E-state index in [0.29, 0.717) is 18.0 Å². The van der Waals surface area contributed by atoms with Crippen LogP contribution in [0.4, 0.5) is 0 Å². The van der Waals surface area contributed by atoms with Gasteiger partial charge in [0.15, 0.2) is 5.69 Å². The van der Waals surface area contributed by atoms with Crippen LogP contribution in [0, 0.1) is 0 Å². The van der Waals surface area contributed by atoms with Gasteiger partial charge >= 0.3 is 0 Å². The average molecular weight is 281 g/mol. The van der Waals surface area contributed by atoms with Crippen LogP contribution in [0.2, 0.25) is 0 Å². The zero-order valence-corrected chi connectivity index (χ0v) is 11.7. The van der Waals surface area contributed by atoms with Crippen molar-refractivity contribution in [2.24, 2.45) is 0 Å². The number of H-pyrrole nitrogens is 1. The molecule has 2 aliphatic rings. The topological polar surface area (TPSA) is 78.0 Å². The van der Waals surface area contributed by atoms with Gasteiger partial charge in [0, 0.05) is 23.6 Å². The molecule has 1 amide bonds. The van der Waals surface area contributed by atoms with Crippen molar-refractivity contribution in [2.75, 3.05) is 18.1 Å². The first-order valence-electron chi connectivity index (χ1n) is 6.82. The lowest BCUT2D eigenvalue weighted by molar-refractivity contribution is 0.0610. The van der Waals surface area contributed by atoms with E-state index in [-0.39, 0.29) is 5.91 Å². The Morgan fingerprint density at radius 2 is 2.32 bits per heavy atom. The van der Waals surface area contributed by atoms with Crippen molar-refractivity contribution in [1.82, 2.24) is 15.5 Å². The molecule has 0 unspecified atom stereocenters. The molecule has 104 valence electrons. The maximum atomic E-state index is 12.2. The zero-order valence-electron chi connectivity index (χ0n) is 10.9. The van der Waals surface area contributed by atoms with E-state index in [2.05, 4.69) is 15.5 Å². The van der Waals surface area contributed by atoms with E-state index in [1.54, 1.807) is 11.8 Å². The van der Waals surface area contributed by atoms with E-state index in [1.807, 2.05) is 0 Å². The number of aromatic amines is 1. The smallest absolute Gasteiger partial charge is 0.272 e. The fourth-order valence-corrected chi connectivity index (χ4v) is 4.03. The molecule has 1 aromatic heterocycles. The quantitative estimate of drug-likeness (QED) is 0.769. The van der Waals surface area contributed by atoms with Crippen molar-refractivity contribution < 1.29 is 9.90 Å². The number of carbonyl (C=O) groups is 1. The minimum absolute atomic E-state index is 0.162. The minimum Gasteiger partial charge on any atom is -0.387 e. The van der Waals surface area contributed by atoms with Gasteiger partial charge in [-0.3, -0.25) is 9.89 Å². The highest BCUT2D eigenvalue weighted by molar-refractivity contribution is 7.99. The van der Waals surface area contributed by atoms with E-state index in [9.17, 15) is 9.90 Å². The summed E-state index contributed by atoms with van der Waals surface area (Å²) in [6.45, 7) is 0.320. The summed E-state index contributed by atoms with van der Waals surface area (Å²) < 4.78 is 0. The van der Waals surface area contributed by atoms with Gasteiger partial charge in [-0.05, 0) is 37.9 Å². The molecule has 1 fully saturated rings. The van der Waals surface area contributed by atoms with Crippen LogP contribution >= 0.6 is 11.8 Å². The molecule has 1 aliphatic heterocycles. The first-order chi connectivity index (χ1) is 9.18. The van der Waals surface area contributed by atoms with E-state index in [1.165, 1.54) is 0 Å². The number of aryl methyl sites for hydroxylation is 1. The van der Waals surface area contributed by atoms with Crippen LogP contribution < -0.4 is 5.32 Å². The van der Waals surface area contributed by atoms with Crippen molar-refractivity contribution in [2.45, 2.75) is 37.7 Å². The number of carbonyl (C=O) groups excluding carboxylic acids is 1. The molecule has 1 aromatic rings. The van der Waals surface area contributed by atoms with Gasteiger partial charge in [-0.15, -0.1) is 0 Å². The van der Waals surface area contributed by atoms with Crippen molar-refractivity contribution in [3.8, 4) is 0 Å². The number of hydrogen-bond donors (Lipinski definition) is 3. The molecule has 19 heavy (non-hydrogen) atoms. The number of fused-ring (bicyclic) bond motifs is 1. The van der Waals surface area contributed by atoms with E-state index in [4.69, 9.17) is 0 Å². The van der Waals surface area contributed by atoms with E-state index < -0.39 is 5.60 Å². The predicted molar refractivity (Wildman–Crippen MR) is 74.5 cm³/mol. The number of aliphatic hydroxyl groups is 1. The van der Waals surface area contributed by atoms with Crippen molar-refractivity contribution in [3.05, 3.63) is 17.0 Å². The van der Waals surface area contributed by atoms with Gasteiger partial charge in [0.2, 0.25) is 0 Å². The molecule has 0 spiro atoms. The highest BCUT2D eigenvalue weighted by Crippen LogP contribution is 2.27. The lowest BCUT2D eigenvalue weighted by atomic mass is 9.95. The average Bonchev–Trinajstić information content (AvgIpc) is 3.03. The second-order valence-corrected chi connectivity index (χ2v) is 6.55. The third kappa shape index (κ3) is 2.65. The summed E-state index contributed by atoms with van der Waals surface area (Å²) in [7, 11) is 0. The van der Waals surface area contributed by atoms with Crippen molar-refractivity contribution >= 4 is 17.7 Å². The van der Waals surface area contributed by atoms with Gasteiger partial charge in [-0.2, -0.15) is 16.9 Å². The van der Waals surface area contributed by atoms with Crippen LogP contribution in [0.15, 0.2) is 0 Å². The third-order valence-electron chi connectivity index (χ3n) is 3.93. The van der Waals surface area contributed by atoms with Crippen LogP contribution in [-0.2, 0) is 12.8 Å². The highest BCUT2D eigenvalue weighted by Gasteiger charge is 2.32. The Labute approximate surface area is 116 Å². The molecule has 3 rings (SSSR count). The molecule has 1 aliphatic carbocycles. The number of amides is 1. The molecule has 3 N–H and O–H groups in total. The van der Waals surface area contributed by atoms with Crippen LogP contribution in [0.25, 0.3) is 0 Å². The number of nitrogens with zero attached hydrogens (tertiary/aromatic N) is 1. The second-order valence-electron chi connectivity index (χ2n) is 5.45. The number of rotatable bonds is 3. The maximum Gasteiger partial charge on any atom is 0.272 e. The summed E-state index contributed by atoms with van der Waals surface area (Å²) in [5, 5.41) is 20.2. The first-order valence-corrected chi connectivity index (χ1v) is 7.98. The summed E-state index contributed by atoms with van der Waals surface area (Å²) >= 11 is 1.73. The number of thioether (sulfide) groups is 1. The molecule has 0 saturated carbocycles. The van der Waals surface area contributed by atoms with Crippen LogP contribution in [0.1, 0.15) is 41.0 Å². The molecule has 2 heterocycles. The van der Waals surface area contributed by atoms with Crippen molar-refractivity contribution in [3.63, 3.8) is 0 Å². The third-order valence-corrected chi connectivity index (χ3v) is 5.17. The second kappa shape index (κ2) is 5.17. The normalized spacial score (nSPS) is 26.2. The predicted octanol–water partition coefficient (Wildman–Crippen LogP) is 0.886. The summed E-state index contributed by atoms with van der Waals surface area (Å²) in [4.78, 5) is 12.2. The van der Waals surface area contributed by atoms with Crippen LogP contribution in [-0.4, -0.2) is 44.9 Å². The Hall–Kier alpha value is -1.01. The number of nitrogens with one attached hydrogen (secondary N) is 2. The molecule has 0 aromatic carbocycles. The van der Waals surface area contributed by atoms with E-state index in [0.717, 1.165) is 49.1 Å².